The van der Waals surface area contributed by atoms with Gasteiger partial charge in [-0.3, -0.25) is 4.79 Å². The number of hydrogen-bond acceptors (Lipinski definition) is 2. The maximum atomic E-state index is 12.8. The molecule has 0 bridgehead atoms. The predicted molar refractivity (Wildman–Crippen MR) is 71.3 cm³/mol. The second-order valence-electron chi connectivity index (χ2n) is 5.19. The highest BCUT2D eigenvalue weighted by Crippen LogP contribution is 2.15. The number of ether oxygens (including phenoxy) is 1. The molecule has 19 heavy (non-hydrogen) atoms. The second-order valence-corrected chi connectivity index (χ2v) is 5.19. The van der Waals surface area contributed by atoms with Crippen LogP contribution < -0.4 is 0 Å². The van der Waals surface area contributed by atoms with E-state index in [1.54, 1.807) is 12.1 Å². The number of carbonyl (C=O) groups is 1. The van der Waals surface area contributed by atoms with E-state index in [1.165, 1.54) is 12.1 Å². The summed E-state index contributed by atoms with van der Waals surface area (Å²) in [5.41, 5.74) is 0.989. The lowest BCUT2D eigenvalue weighted by Crippen LogP contribution is -2.49. The molecule has 0 spiro atoms. The summed E-state index contributed by atoms with van der Waals surface area (Å²) in [6, 6.07) is 6.48. The molecule has 2 rings (SSSR count). The van der Waals surface area contributed by atoms with E-state index in [-0.39, 0.29) is 23.7 Å². The quantitative estimate of drug-likeness (QED) is 0.839. The van der Waals surface area contributed by atoms with Gasteiger partial charge in [-0.1, -0.05) is 19.1 Å². The first kappa shape index (κ1) is 14.0. The molecule has 0 aromatic heterocycles. The number of morpholine rings is 1. The largest absolute Gasteiger partial charge is 0.377 e. The van der Waals surface area contributed by atoms with Crippen LogP contribution in [0.5, 0.6) is 0 Å². The molecular weight excluding hydrogens is 245 g/mol. The van der Waals surface area contributed by atoms with E-state index >= 15 is 0 Å². The Balaban J connectivity index is 1.96. The molecule has 0 N–H and O–H groups in total. The fraction of sp³-hybridized carbons (Fsp3) is 0.533. The van der Waals surface area contributed by atoms with E-state index in [0.717, 1.165) is 5.56 Å². The molecule has 1 amide bonds. The first-order chi connectivity index (χ1) is 9.08. The standard InChI is InChI=1S/C15H20FNO2/c1-11(9-13-3-5-14(16)6-4-13)15(18)17-7-8-19-10-12(17)2/h3-6,11-12H,7-10H2,1-2H3. The summed E-state index contributed by atoms with van der Waals surface area (Å²) < 4.78 is 18.2. The normalized spacial score (nSPS) is 21.2. The smallest absolute Gasteiger partial charge is 0.226 e. The Morgan fingerprint density at radius 2 is 2.16 bits per heavy atom. The SMILES string of the molecule is CC(Cc1ccc(F)cc1)C(=O)N1CCOCC1C. The fourth-order valence-electron chi connectivity index (χ4n) is 2.40. The Morgan fingerprint density at radius 3 is 2.79 bits per heavy atom. The van der Waals surface area contributed by atoms with Crippen LogP contribution in [0.2, 0.25) is 0 Å². The van der Waals surface area contributed by atoms with Crippen molar-refractivity contribution in [3.8, 4) is 0 Å². The summed E-state index contributed by atoms with van der Waals surface area (Å²) >= 11 is 0. The Bertz CT molecular complexity index is 432. The zero-order chi connectivity index (χ0) is 13.8. The molecule has 0 saturated carbocycles. The van der Waals surface area contributed by atoms with Crippen molar-refractivity contribution in [3.05, 3.63) is 35.6 Å². The van der Waals surface area contributed by atoms with E-state index in [1.807, 2.05) is 18.7 Å². The summed E-state index contributed by atoms with van der Waals surface area (Å²) in [5.74, 6) is -0.185. The van der Waals surface area contributed by atoms with E-state index in [4.69, 9.17) is 4.74 Å². The molecule has 1 aliphatic rings. The Hall–Kier alpha value is -1.42. The zero-order valence-corrected chi connectivity index (χ0v) is 11.4. The van der Waals surface area contributed by atoms with Crippen LogP contribution in [0.25, 0.3) is 0 Å². The van der Waals surface area contributed by atoms with Crippen molar-refractivity contribution >= 4 is 5.91 Å². The molecule has 1 aromatic carbocycles. The van der Waals surface area contributed by atoms with Gasteiger partial charge >= 0.3 is 0 Å². The number of nitrogens with zero attached hydrogens (tertiary/aromatic N) is 1. The van der Waals surface area contributed by atoms with Crippen LogP contribution in [0.15, 0.2) is 24.3 Å². The lowest BCUT2D eigenvalue weighted by molar-refractivity contribution is -0.142. The molecule has 1 heterocycles. The first-order valence-electron chi connectivity index (χ1n) is 6.70. The van der Waals surface area contributed by atoms with Crippen molar-refractivity contribution in [1.29, 1.82) is 0 Å². The third-order valence-corrected chi connectivity index (χ3v) is 3.53. The van der Waals surface area contributed by atoms with Gasteiger partial charge < -0.3 is 9.64 Å². The predicted octanol–water partition coefficient (Wildman–Crippen LogP) is 2.25. The maximum Gasteiger partial charge on any atom is 0.226 e. The third kappa shape index (κ3) is 3.53. The summed E-state index contributed by atoms with van der Waals surface area (Å²) in [6.07, 6.45) is 0.642. The Labute approximate surface area is 113 Å². The summed E-state index contributed by atoms with van der Waals surface area (Å²) in [6.45, 7) is 5.80. The van der Waals surface area contributed by atoms with Crippen molar-refractivity contribution in [3.63, 3.8) is 0 Å². The van der Waals surface area contributed by atoms with Crippen LogP contribution in [0, 0.1) is 11.7 Å². The molecule has 0 aliphatic carbocycles. The number of hydrogen-bond donors (Lipinski definition) is 0. The van der Waals surface area contributed by atoms with Gasteiger partial charge in [-0.15, -0.1) is 0 Å². The minimum absolute atomic E-state index is 0.0917. The van der Waals surface area contributed by atoms with Gasteiger partial charge in [0.2, 0.25) is 5.91 Å². The number of carbonyl (C=O) groups excluding carboxylic acids is 1. The first-order valence-corrected chi connectivity index (χ1v) is 6.70. The minimum Gasteiger partial charge on any atom is -0.377 e. The van der Waals surface area contributed by atoms with Crippen molar-refractivity contribution in [2.24, 2.45) is 5.92 Å². The lowest BCUT2D eigenvalue weighted by atomic mass is 9.99. The van der Waals surface area contributed by atoms with Crippen molar-refractivity contribution in [2.75, 3.05) is 19.8 Å². The molecule has 4 heteroatoms. The number of rotatable bonds is 3. The average molecular weight is 265 g/mol. The monoisotopic (exact) mass is 265 g/mol. The van der Waals surface area contributed by atoms with Gasteiger partial charge in [0.05, 0.1) is 19.3 Å². The number of benzene rings is 1. The molecule has 0 radical (unpaired) electrons. The van der Waals surface area contributed by atoms with Crippen molar-refractivity contribution in [1.82, 2.24) is 4.90 Å². The van der Waals surface area contributed by atoms with Crippen LogP contribution in [-0.2, 0) is 16.0 Å². The number of amides is 1. The van der Waals surface area contributed by atoms with Gasteiger partial charge in [-0.05, 0) is 31.0 Å². The van der Waals surface area contributed by atoms with Gasteiger partial charge in [-0.2, -0.15) is 0 Å². The highest BCUT2D eigenvalue weighted by molar-refractivity contribution is 5.79. The van der Waals surface area contributed by atoms with Crippen molar-refractivity contribution < 1.29 is 13.9 Å². The molecule has 2 unspecified atom stereocenters. The van der Waals surface area contributed by atoms with Gasteiger partial charge in [-0.25, -0.2) is 4.39 Å². The second kappa shape index (κ2) is 6.15. The molecule has 104 valence electrons. The van der Waals surface area contributed by atoms with E-state index in [9.17, 15) is 9.18 Å². The topological polar surface area (TPSA) is 29.5 Å². The number of halogens is 1. The molecular formula is C15H20FNO2. The summed E-state index contributed by atoms with van der Waals surface area (Å²) in [7, 11) is 0. The molecule has 3 nitrogen and oxygen atoms in total. The minimum atomic E-state index is -0.246. The van der Waals surface area contributed by atoms with Crippen LogP contribution in [0.3, 0.4) is 0 Å². The average Bonchev–Trinajstić information content (AvgIpc) is 2.41. The molecule has 1 saturated heterocycles. The molecule has 1 aliphatic heterocycles. The zero-order valence-electron chi connectivity index (χ0n) is 11.4. The Kier molecular flexibility index (Phi) is 4.53. The lowest BCUT2D eigenvalue weighted by Gasteiger charge is -2.35. The van der Waals surface area contributed by atoms with Crippen LogP contribution in [0.1, 0.15) is 19.4 Å². The van der Waals surface area contributed by atoms with Crippen LogP contribution in [0.4, 0.5) is 4.39 Å². The Morgan fingerprint density at radius 1 is 1.47 bits per heavy atom. The molecule has 1 aromatic rings. The summed E-state index contributed by atoms with van der Waals surface area (Å²) in [5, 5.41) is 0. The highest BCUT2D eigenvalue weighted by atomic mass is 19.1. The van der Waals surface area contributed by atoms with Gasteiger partial charge in [0, 0.05) is 12.5 Å². The summed E-state index contributed by atoms with van der Waals surface area (Å²) in [4.78, 5) is 14.3. The van der Waals surface area contributed by atoms with E-state index in [2.05, 4.69) is 0 Å². The fourth-order valence-corrected chi connectivity index (χ4v) is 2.40. The van der Waals surface area contributed by atoms with Crippen molar-refractivity contribution in [2.45, 2.75) is 26.3 Å². The highest BCUT2D eigenvalue weighted by Gasteiger charge is 2.27. The maximum absolute atomic E-state index is 12.8. The van der Waals surface area contributed by atoms with Crippen LogP contribution in [-0.4, -0.2) is 36.6 Å². The van der Waals surface area contributed by atoms with Crippen LogP contribution >= 0.6 is 0 Å². The van der Waals surface area contributed by atoms with E-state index < -0.39 is 0 Å². The van der Waals surface area contributed by atoms with Gasteiger partial charge in [0.1, 0.15) is 5.82 Å². The van der Waals surface area contributed by atoms with Gasteiger partial charge in [0.25, 0.3) is 0 Å². The molecule has 2 atom stereocenters. The van der Waals surface area contributed by atoms with Gasteiger partial charge in [0.15, 0.2) is 0 Å². The third-order valence-electron chi connectivity index (χ3n) is 3.53. The molecule has 1 fully saturated rings. The van der Waals surface area contributed by atoms with E-state index in [0.29, 0.717) is 26.2 Å².